The third-order valence-corrected chi connectivity index (χ3v) is 7.97. The number of hydrogen-bond donors (Lipinski definition) is 0. The molecular formula is C23H27N3O3S. The summed E-state index contributed by atoms with van der Waals surface area (Å²) in [7, 11) is -1.47. The zero-order valence-electron chi connectivity index (χ0n) is 17.7. The summed E-state index contributed by atoms with van der Waals surface area (Å²) in [6.45, 7) is 9.25. The number of aryl methyl sites for hydroxylation is 1. The van der Waals surface area contributed by atoms with Gasteiger partial charge in [-0.05, 0) is 51.2 Å². The zero-order chi connectivity index (χ0) is 21.0. The van der Waals surface area contributed by atoms with E-state index in [1.165, 1.54) is 0 Å². The second-order valence-corrected chi connectivity index (χ2v) is 10.0. The van der Waals surface area contributed by atoms with E-state index in [1.54, 1.807) is 10.0 Å². The molecule has 0 bridgehead atoms. The molecule has 3 heterocycles. The third kappa shape index (κ3) is 2.95. The van der Waals surface area contributed by atoms with E-state index in [0.29, 0.717) is 11.5 Å². The summed E-state index contributed by atoms with van der Waals surface area (Å²) in [5.41, 5.74) is 4.49. The van der Waals surface area contributed by atoms with E-state index in [4.69, 9.17) is 4.74 Å². The van der Waals surface area contributed by atoms with Gasteiger partial charge in [0.25, 0.3) is 10.0 Å². The highest BCUT2D eigenvalue weighted by atomic mass is 32.2. The van der Waals surface area contributed by atoms with E-state index in [1.807, 2.05) is 44.2 Å². The minimum Gasteiger partial charge on any atom is -0.494 e. The van der Waals surface area contributed by atoms with Crippen LogP contribution in [0.1, 0.15) is 18.1 Å². The van der Waals surface area contributed by atoms with Gasteiger partial charge in [0, 0.05) is 49.2 Å². The van der Waals surface area contributed by atoms with Crippen LogP contribution in [0, 0.1) is 6.92 Å². The molecule has 0 aliphatic carbocycles. The van der Waals surface area contributed by atoms with Crippen LogP contribution in [-0.2, 0) is 16.6 Å². The summed E-state index contributed by atoms with van der Waals surface area (Å²) in [5.74, 6) is 0.774. The predicted octanol–water partition coefficient (Wildman–Crippen LogP) is 3.31. The first kappa shape index (κ1) is 19.6. The molecule has 30 heavy (non-hydrogen) atoms. The van der Waals surface area contributed by atoms with Gasteiger partial charge in [0.05, 0.1) is 22.7 Å². The minimum absolute atomic E-state index is 0.401. The van der Waals surface area contributed by atoms with Gasteiger partial charge in [0.15, 0.2) is 0 Å². The molecule has 5 rings (SSSR count). The van der Waals surface area contributed by atoms with Gasteiger partial charge in [0.2, 0.25) is 0 Å². The number of rotatable bonds is 4. The fourth-order valence-electron chi connectivity index (χ4n) is 4.62. The molecule has 0 amide bonds. The summed E-state index contributed by atoms with van der Waals surface area (Å²) in [6, 6.07) is 11.4. The van der Waals surface area contributed by atoms with Crippen molar-refractivity contribution in [3.8, 4) is 17.0 Å². The highest BCUT2D eigenvalue weighted by Crippen LogP contribution is 2.46. The molecule has 0 saturated carbocycles. The van der Waals surface area contributed by atoms with Gasteiger partial charge in [-0.15, -0.1) is 0 Å². The monoisotopic (exact) mass is 425 g/mol. The smallest absolute Gasteiger partial charge is 0.269 e. The Morgan fingerprint density at radius 2 is 1.80 bits per heavy atom. The van der Waals surface area contributed by atoms with Crippen molar-refractivity contribution in [1.29, 1.82) is 0 Å². The first-order valence-corrected chi connectivity index (χ1v) is 11.9. The van der Waals surface area contributed by atoms with Crippen molar-refractivity contribution in [3.05, 3.63) is 47.5 Å². The normalized spacial score (nSPS) is 18.5. The fourth-order valence-corrected chi connectivity index (χ4v) is 6.36. The highest BCUT2D eigenvalue weighted by molar-refractivity contribution is 7.90. The number of benzene rings is 2. The minimum atomic E-state index is -3.61. The van der Waals surface area contributed by atoms with Crippen LogP contribution in [-0.4, -0.2) is 62.0 Å². The molecule has 7 heteroatoms. The Balaban J connectivity index is 1.75. The summed E-state index contributed by atoms with van der Waals surface area (Å²) in [6.07, 6.45) is 0. The lowest BCUT2D eigenvalue weighted by molar-refractivity contribution is 0.148. The molecule has 0 radical (unpaired) electrons. The molecule has 0 unspecified atom stereocenters. The number of likely N-dealkylation sites (N-methyl/N-ethyl adjacent to an activating group) is 1. The number of ether oxygens (including phenoxy) is 1. The van der Waals surface area contributed by atoms with Crippen molar-refractivity contribution in [3.63, 3.8) is 0 Å². The van der Waals surface area contributed by atoms with Crippen LogP contribution in [0.3, 0.4) is 0 Å². The van der Waals surface area contributed by atoms with Crippen LogP contribution in [0.25, 0.3) is 22.2 Å². The van der Waals surface area contributed by atoms with Gasteiger partial charge in [0.1, 0.15) is 5.75 Å². The Labute approximate surface area is 177 Å². The average Bonchev–Trinajstić information content (AvgIpc) is 3.15. The molecule has 3 aromatic rings. The summed E-state index contributed by atoms with van der Waals surface area (Å²) in [5, 5.41) is 0.964. The maximum Gasteiger partial charge on any atom is 0.269 e. The fraction of sp³-hybridized carbons (Fsp3) is 0.391. The maximum atomic E-state index is 13.5. The topological polar surface area (TPSA) is 54.8 Å². The molecule has 0 spiro atoms. The predicted molar refractivity (Wildman–Crippen MR) is 119 cm³/mol. The van der Waals surface area contributed by atoms with Crippen LogP contribution in [0.2, 0.25) is 0 Å². The Morgan fingerprint density at radius 1 is 1.03 bits per heavy atom. The lowest BCUT2D eigenvalue weighted by atomic mass is 10.0. The lowest BCUT2D eigenvalue weighted by Crippen LogP contribution is -2.43. The second-order valence-electron chi connectivity index (χ2n) is 8.29. The lowest BCUT2D eigenvalue weighted by Gasteiger charge is -2.32. The van der Waals surface area contributed by atoms with E-state index in [-0.39, 0.29) is 0 Å². The van der Waals surface area contributed by atoms with Crippen LogP contribution in [0.5, 0.6) is 5.75 Å². The first-order chi connectivity index (χ1) is 14.4. The van der Waals surface area contributed by atoms with Crippen molar-refractivity contribution >= 4 is 20.9 Å². The maximum absolute atomic E-state index is 13.5. The number of nitrogens with zero attached hydrogens (tertiary/aromatic N) is 3. The Bertz CT molecular complexity index is 1240. The van der Waals surface area contributed by atoms with Crippen LogP contribution in [0.4, 0.5) is 0 Å². The van der Waals surface area contributed by atoms with Crippen molar-refractivity contribution in [2.24, 2.45) is 0 Å². The van der Waals surface area contributed by atoms with Crippen LogP contribution < -0.4 is 4.74 Å². The molecule has 0 atom stereocenters. The van der Waals surface area contributed by atoms with Crippen LogP contribution >= 0.6 is 0 Å². The molecule has 1 saturated heterocycles. The second kappa shape index (κ2) is 7.11. The number of fused-ring (bicyclic) bond motifs is 5. The number of hydrogen-bond acceptors (Lipinski definition) is 5. The van der Waals surface area contributed by atoms with Crippen LogP contribution in [0.15, 0.2) is 41.3 Å². The van der Waals surface area contributed by atoms with Crippen molar-refractivity contribution in [2.45, 2.75) is 25.3 Å². The third-order valence-electron chi connectivity index (χ3n) is 6.20. The van der Waals surface area contributed by atoms with E-state index < -0.39 is 10.0 Å². The summed E-state index contributed by atoms with van der Waals surface area (Å²) in [4.78, 5) is 5.15. The van der Waals surface area contributed by atoms with Gasteiger partial charge < -0.3 is 9.64 Å². The van der Waals surface area contributed by atoms with Gasteiger partial charge in [-0.25, -0.2) is 12.4 Å². The van der Waals surface area contributed by atoms with Crippen molar-refractivity contribution < 1.29 is 13.2 Å². The first-order valence-electron chi connectivity index (χ1n) is 10.5. The molecule has 6 nitrogen and oxygen atoms in total. The molecule has 158 valence electrons. The quantitative estimate of drug-likeness (QED) is 0.502. The molecule has 1 fully saturated rings. The molecule has 0 N–H and O–H groups in total. The van der Waals surface area contributed by atoms with E-state index in [0.717, 1.165) is 71.8 Å². The molecule has 1 aromatic heterocycles. The highest BCUT2D eigenvalue weighted by Gasteiger charge is 2.37. The largest absolute Gasteiger partial charge is 0.494 e. The summed E-state index contributed by atoms with van der Waals surface area (Å²) >= 11 is 0. The van der Waals surface area contributed by atoms with Gasteiger partial charge in [-0.3, -0.25) is 4.90 Å². The van der Waals surface area contributed by atoms with E-state index in [9.17, 15) is 8.42 Å². The van der Waals surface area contributed by atoms with Gasteiger partial charge in [-0.1, -0.05) is 11.6 Å². The summed E-state index contributed by atoms with van der Waals surface area (Å²) < 4.78 is 34.2. The Hall–Kier alpha value is -2.35. The average molecular weight is 426 g/mol. The zero-order valence-corrected chi connectivity index (χ0v) is 18.5. The number of aromatic nitrogens is 1. The number of piperazine rings is 1. The molecule has 2 aliphatic rings. The van der Waals surface area contributed by atoms with Crippen molar-refractivity contribution in [2.75, 3.05) is 39.8 Å². The Kier molecular flexibility index (Phi) is 4.65. The molecule has 2 aromatic carbocycles. The van der Waals surface area contributed by atoms with Gasteiger partial charge in [-0.2, -0.15) is 0 Å². The van der Waals surface area contributed by atoms with Crippen molar-refractivity contribution in [1.82, 2.24) is 13.8 Å². The standard InChI is InChI=1S/C23H27N3O3S/c1-4-29-17-6-7-21-18(14-17)20(15-25-11-9-24(3)10-12-25)23-19-13-16(2)5-8-22(19)30(27,28)26(21)23/h5-8,13-14H,4,9-12,15H2,1-3H3. The molecular weight excluding hydrogens is 398 g/mol. The Morgan fingerprint density at radius 3 is 2.53 bits per heavy atom. The van der Waals surface area contributed by atoms with Gasteiger partial charge >= 0.3 is 0 Å². The van der Waals surface area contributed by atoms with E-state index in [2.05, 4.69) is 16.8 Å². The SMILES string of the molecule is CCOc1ccc2c(c1)c(CN1CCN(C)CC1)c1n2S(=O)(=O)c2ccc(C)cc2-1. The molecule has 2 aliphatic heterocycles. The van der Waals surface area contributed by atoms with E-state index >= 15 is 0 Å².